The maximum atomic E-state index is 11.9. The number of ether oxygens (including phenoxy) is 2. The van der Waals surface area contributed by atoms with Crippen molar-refractivity contribution in [3.63, 3.8) is 0 Å². The summed E-state index contributed by atoms with van der Waals surface area (Å²) in [5.74, 6) is 0.215. The van der Waals surface area contributed by atoms with E-state index in [1.54, 1.807) is 12.1 Å². The van der Waals surface area contributed by atoms with Gasteiger partial charge in [0.2, 0.25) is 0 Å². The zero-order valence-corrected chi connectivity index (χ0v) is 19.7. The Morgan fingerprint density at radius 3 is 2.28 bits per heavy atom. The number of nitrogens with one attached hydrogen (secondary N) is 3. The zero-order valence-electron chi connectivity index (χ0n) is 15.7. The standard InChI is InChI=1S/C19H19Br2N3O4S/c1-11-3-5-16(14(21)7-11)28-10-18(26)23-24-19(29)22-17(25)9-27-15-6-4-13(20)8-12(15)2/h3-8H,9-10H2,1-2H3,(H,23,26)(H2,22,24,25,29). The second kappa shape index (κ2) is 11.1. The summed E-state index contributed by atoms with van der Waals surface area (Å²) in [6.07, 6.45) is 0. The molecule has 7 nitrogen and oxygen atoms in total. The molecule has 29 heavy (non-hydrogen) atoms. The van der Waals surface area contributed by atoms with Crippen molar-refractivity contribution < 1.29 is 19.1 Å². The fourth-order valence-corrected chi connectivity index (χ4v) is 3.39. The van der Waals surface area contributed by atoms with Crippen LogP contribution in [0.1, 0.15) is 11.1 Å². The Kier molecular flexibility index (Phi) is 8.87. The van der Waals surface area contributed by atoms with Crippen LogP contribution in [0.15, 0.2) is 45.3 Å². The fraction of sp³-hybridized carbons (Fsp3) is 0.211. The largest absolute Gasteiger partial charge is 0.483 e. The minimum absolute atomic E-state index is 0.0593. The molecule has 0 heterocycles. The van der Waals surface area contributed by atoms with Crippen molar-refractivity contribution in [1.82, 2.24) is 16.2 Å². The number of amides is 2. The number of carbonyl (C=O) groups is 2. The Balaban J connectivity index is 1.68. The van der Waals surface area contributed by atoms with Crippen molar-refractivity contribution in [3.05, 3.63) is 56.5 Å². The van der Waals surface area contributed by atoms with Crippen molar-refractivity contribution in [2.75, 3.05) is 13.2 Å². The number of benzene rings is 2. The Bertz CT molecular complexity index is 924. The SMILES string of the molecule is Cc1ccc(OCC(=O)NNC(=S)NC(=O)COc2ccc(Br)cc2C)c(Br)c1. The Hall–Kier alpha value is -2.17. The highest BCUT2D eigenvalue weighted by Gasteiger charge is 2.09. The summed E-state index contributed by atoms with van der Waals surface area (Å²) < 4.78 is 12.6. The summed E-state index contributed by atoms with van der Waals surface area (Å²) in [4.78, 5) is 23.8. The molecular weight excluding hydrogens is 526 g/mol. The summed E-state index contributed by atoms with van der Waals surface area (Å²) in [5.41, 5.74) is 6.74. The van der Waals surface area contributed by atoms with Crippen LogP contribution in [0.4, 0.5) is 0 Å². The number of aryl methyl sites for hydroxylation is 2. The van der Waals surface area contributed by atoms with E-state index in [1.807, 2.05) is 38.1 Å². The molecular formula is C19H19Br2N3O4S. The second-order valence-corrected chi connectivity index (χ2v) is 8.15. The molecule has 0 fully saturated rings. The van der Waals surface area contributed by atoms with Gasteiger partial charge in [0.1, 0.15) is 11.5 Å². The molecule has 3 N–H and O–H groups in total. The molecule has 10 heteroatoms. The highest BCUT2D eigenvalue weighted by atomic mass is 79.9. The van der Waals surface area contributed by atoms with E-state index in [0.717, 1.165) is 20.1 Å². The first-order valence-corrected chi connectivity index (χ1v) is 10.4. The lowest BCUT2D eigenvalue weighted by Crippen LogP contribution is -2.50. The van der Waals surface area contributed by atoms with Gasteiger partial charge in [-0.1, -0.05) is 22.0 Å². The van der Waals surface area contributed by atoms with Gasteiger partial charge in [-0.2, -0.15) is 0 Å². The monoisotopic (exact) mass is 543 g/mol. The number of hydrogen-bond acceptors (Lipinski definition) is 5. The molecule has 0 unspecified atom stereocenters. The lowest BCUT2D eigenvalue weighted by molar-refractivity contribution is -0.124. The van der Waals surface area contributed by atoms with E-state index in [2.05, 4.69) is 48.0 Å². The molecule has 0 aliphatic carbocycles. The van der Waals surface area contributed by atoms with Gasteiger partial charge >= 0.3 is 0 Å². The summed E-state index contributed by atoms with van der Waals surface area (Å²) in [6.45, 7) is 3.38. The first-order valence-electron chi connectivity index (χ1n) is 8.41. The minimum atomic E-state index is -0.462. The Morgan fingerprint density at radius 2 is 1.59 bits per heavy atom. The van der Waals surface area contributed by atoms with E-state index in [4.69, 9.17) is 21.7 Å². The van der Waals surface area contributed by atoms with E-state index in [1.165, 1.54) is 0 Å². The first-order chi connectivity index (χ1) is 13.7. The maximum Gasteiger partial charge on any atom is 0.276 e. The van der Waals surface area contributed by atoms with Crippen LogP contribution in [0.3, 0.4) is 0 Å². The molecule has 2 aromatic rings. The molecule has 2 aromatic carbocycles. The van der Waals surface area contributed by atoms with Crippen LogP contribution in [0.5, 0.6) is 11.5 Å². The van der Waals surface area contributed by atoms with Gasteiger partial charge in [-0.15, -0.1) is 0 Å². The highest BCUT2D eigenvalue weighted by molar-refractivity contribution is 9.10. The van der Waals surface area contributed by atoms with Gasteiger partial charge in [0.15, 0.2) is 18.3 Å². The molecule has 2 amide bonds. The number of halogens is 2. The highest BCUT2D eigenvalue weighted by Crippen LogP contribution is 2.25. The van der Waals surface area contributed by atoms with E-state index < -0.39 is 11.8 Å². The predicted molar refractivity (Wildman–Crippen MR) is 121 cm³/mol. The van der Waals surface area contributed by atoms with Crippen molar-refractivity contribution in [2.45, 2.75) is 13.8 Å². The van der Waals surface area contributed by atoms with Gasteiger partial charge in [-0.3, -0.25) is 25.8 Å². The van der Waals surface area contributed by atoms with Gasteiger partial charge in [0.25, 0.3) is 11.8 Å². The van der Waals surface area contributed by atoms with Crippen LogP contribution in [0.25, 0.3) is 0 Å². The van der Waals surface area contributed by atoms with Crippen molar-refractivity contribution in [3.8, 4) is 11.5 Å². The summed E-state index contributed by atoms with van der Waals surface area (Å²) in [6, 6.07) is 11.0. The smallest absolute Gasteiger partial charge is 0.276 e. The maximum absolute atomic E-state index is 11.9. The van der Waals surface area contributed by atoms with E-state index in [-0.39, 0.29) is 18.3 Å². The van der Waals surface area contributed by atoms with Crippen LogP contribution in [0.2, 0.25) is 0 Å². The average molecular weight is 545 g/mol. The molecule has 0 atom stereocenters. The molecule has 0 aliphatic heterocycles. The third-order valence-corrected chi connectivity index (χ3v) is 4.83. The Morgan fingerprint density at radius 1 is 0.931 bits per heavy atom. The van der Waals surface area contributed by atoms with Crippen molar-refractivity contribution in [2.24, 2.45) is 0 Å². The zero-order chi connectivity index (χ0) is 21.4. The molecule has 0 spiro atoms. The molecule has 0 saturated carbocycles. The number of carbonyl (C=O) groups excluding carboxylic acids is 2. The van der Waals surface area contributed by atoms with E-state index in [0.29, 0.717) is 11.5 Å². The van der Waals surface area contributed by atoms with Crippen molar-refractivity contribution in [1.29, 1.82) is 0 Å². The molecule has 154 valence electrons. The molecule has 0 aliphatic rings. The normalized spacial score (nSPS) is 10.1. The van der Waals surface area contributed by atoms with Crippen LogP contribution in [-0.2, 0) is 9.59 Å². The molecule has 2 rings (SSSR count). The number of hydrazine groups is 1. The van der Waals surface area contributed by atoms with Gasteiger partial charge in [0.05, 0.1) is 4.47 Å². The third-order valence-electron chi connectivity index (χ3n) is 3.51. The third kappa shape index (κ3) is 8.00. The molecule has 0 radical (unpaired) electrons. The van der Waals surface area contributed by atoms with Gasteiger partial charge in [0, 0.05) is 4.47 Å². The van der Waals surface area contributed by atoms with Crippen LogP contribution < -0.4 is 25.6 Å². The topological polar surface area (TPSA) is 88.7 Å². The van der Waals surface area contributed by atoms with Crippen LogP contribution >= 0.6 is 44.1 Å². The van der Waals surface area contributed by atoms with E-state index >= 15 is 0 Å². The summed E-state index contributed by atoms with van der Waals surface area (Å²) in [7, 11) is 0. The summed E-state index contributed by atoms with van der Waals surface area (Å²) in [5, 5.41) is 2.35. The average Bonchev–Trinajstić information content (AvgIpc) is 2.65. The first kappa shape index (κ1) is 23.1. The number of hydrogen-bond donors (Lipinski definition) is 3. The van der Waals surface area contributed by atoms with Gasteiger partial charge in [-0.25, -0.2) is 0 Å². The van der Waals surface area contributed by atoms with Crippen molar-refractivity contribution >= 4 is 61.0 Å². The molecule has 0 saturated heterocycles. The lowest BCUT2D eigenvalue weighted by atomic mass is 10.2. The molecule has 0 aromatic heterocycles. The number of rotatable bonds is 6. The lowest BCUT2D eigenvalue weighted by Gasteiger charge is -2.13. The van der Waals surface area contributed by atoms with Gasteiger partial charge < -0.3 is 9.47 Å². The predicted octanol–water partition coefficient (Wildman–Crippen LogP) is 3.31. The van der Waals surface area contributed by atoms with Crippen LogP contribution in [0, 0.1) is 13.8 Å². The summed E-state index contributed by atoms with van der Waals surface area (Å²) >= 11 is 11.7. The minimum Gasteiger partial charge on any atom is -0.483 e. The molecule has 0 bridgehead atoms. The second-order valence-electron chi connectivity index (χ2n) is 5.97. The van der Waals surface area contributed by atoms with Gasteiger partial charge in [-0.05, 0) is 83.5 Å². The Labute approximate surface area is 190 Å². The fourth-order valence-electron chi connectivity index (χ4n) is 2.14. The number of thiocarbonyl (C=S) groups is 1. The quantitative estimate of drug-likeness (QED) is 0.382. The van der Waals surface area contributed by atoms with E-state index in [9.17, 15) is 9.59 Å². The van der Waals surface area contributed by atoms with Crippen LogP contribution in [-0.4, -0.2) is 30.1 Å².